The highest BCUT2D eigenvalue weighted by Crippen LogP contribution is 2.17. The molecule has 6 nitrogen and oxygen atoms in total. The maximum atomic E-state index is 12.3. The summed E-state index contributed by atoms with van der Waals surface area (Å²) in [6.07, 6.45) is 0.0239. The molecule has 0 aromatic heterocycles. The number of rotatable bonds is 9. The van der Waals surface area contributed by atoms with Crippen LogP contribution in [-0.4, -0.2) is 38.2 Å². The summed E-state index contributed by atoms with van der Waals surface area (Å²) < 4.78 is 10.5. The number of carbonyl (C=O) groups is 2. The first-order valence-corrected chi connectivity index (χ1v) is 8.97. The highest BCUT2D eigenvalue weighted by Gasteiger charge is 2.15. The minimum atomic E-state index is -0.710. The van der Waals surface area contributed by atoms with Crippen LogP contribution in [0.1, 0.15) is 23.7 Å². The Labute approximate surface area is 163 Å². The van der Waals surface area contributed by atoms with Crippen molar-refractivity contribution in [3.05, 3.63) is 59.1 Å². The molecular weight excluding hydrogens is 368 g/mol. The van der Waals surface area contributed by atoms with Crippen LogP contribution in [0.15, 0.2) is 48.5 Å². The van der Waals surface area contributed by atoms with Crippen molar-refractivity contribution >= 4 is 29.1 Å². The summed E-state index contributed by atoms with van der Waals surface area (Å²) in [6.45, 7) is 2.76. The number of ether oxygens (including phenoxy) is 2. The molecule has 7 heteroatoms. The molecule has 0 saturated carbocycles. The second kappa shape index (κ2) is 10.5. The summed E-state index contributed by atoms with van der Waals surface area (Å²) in [7, 11) is 1.62. The van der Waals surface area contributed by atoms with Crippen molar-refractivity contribution in [3.63, 3.8) is 0 Å². The molecule has 0 aliphatic carbocycles. The van der Waals surface area contributed by atoms with Gasteiger partial charge in [-0.1, -0.05) is 17.7 Å². The first kappa shape index (κ1) is 20.7. The van der Waals surface area contributed by atoms with Crippen molar-refractivity contribution in [3.8, 4) is 5.75 Å². The Bertz CT molecular complexity index is 765. The number of hydrogen-bond acceptors (Lipinski definition) is 4. The summed E-state index contributed by atoms with van der Waals surface area (Å²) >= 11 is 5.83. The van der Waals surface area contributed by atoms with Gasteiger partial charge in [-0.2, -0.15) is 0 Å². The van der Waals surface area contributed by atoms with Gasteiger partial charge in [-0.15, -0.1) is 0 Å². The highest BCUT2D eigenvalue weighted by atomic mass is 35.5. The van der Waals surface area contributed by atoms with Gasteiger partial charge in [-0.3, -0.25) is 9.59 Å². The van der Waals surface area contributed by atoms with Gasteiger partial charge in [0.05, 0.1) is 0 Å². The molecule has 0 fully saturated rings. The lowest BCUT2D eigenvalue weighted by molar-refractivity contribution is -0.122. The highest BCUT2D eigenvalue weighted by molar-refractivity contribution is 6.30. The van der Waals surface area contributed by atoms with E-state index in [1.807, 2.05) is 0 Å². The Hall–Kier alpha value is -2.57. The SMILES string of the molecule is COCCCNC(=O)c1cccc(NC(=O)C(C)Oc2ccc(Cl)cc2)c1. The van der Waals surface area contributed by atoms with E-state index in [0.717, 1.165) is 6.42 Å². The van der Waals surface area contributed by atoms with Gasteiger partial charge < -0.3 is 20.1 Å². The van der Waals surface area contributed by atoms with Crippen LogP contribution < -0.4 is 15.4 Å². The Kier molecular flexibility index (Phi) is 8.10. The Balaban J connectivity index is 1.91. The van der Waals surface area contributed by atoms with Crippen molar-refractivity contribution in [2.75, 3.05) is 25.6 Å². The quantitative estimate of drug-likeness (QED) is 0.642. The molecule has 27 heavy (non-hydrogen) atoms. The van der Waals surface area contributed by atoms with Gasteiger partial charge in [0, 0.05) is 36.5 Å². The summed E-state index contributed by atoms with van der Waals surface area (Å²) in [5.74, 6) is 0.0292. The molecule has 0 bridgehead atoms. The third kappa shape index (κ3) is 6.92. The number of benzene rings is 2. The van der Waals surface area contributed by atoms with E-state index in [4.69, 9.17) is 21.1 Å². The van der Waals surface area contributed by atoms with Crippen molar-refractivity contribution in [2.45, 2.75) is 19.4 Å². The molecule has 0 aliphatic rings. The number of methoxy groups -OCH3 is 1. The normalized spacial score (nSPS) is 11.5. The minimum absolute atomic E-state index is 0.201. The number of carbonyl (C=O) groups excluding carboxylic acids is 2. The lowest BCUT2D eigenvalue weighted by atomic mass is 10.2. The zero-order valence-corrected chi connectivity index (χ0v) is 16.1. The van der Waals surface area contributed by atoms with Crippen LogP contribution in [0.3, 0.4) is 0 Å². The van der Waals surface area contributed by atoms with E-state index >= 15 is 0 Å². The van der Waals surface area contributed by atoms with Crippen molar-refractivity contribution in [1.29, 1.82) is 0 Å². The second-order valence-electron chi connectivity index (χ2n) is 5.89. The first-order chi connectivity index (χ1) is 13.0. The number of amides is 2. The molecule has 2 aromatic rings. The van der Waals surface area contributed by atoms with Crippen molar-refractivity contribution < 1.29 is 19.1 Å². The third-order valence-corrected chi connectivity index (χ3v) is 3.95. The Morgan fingerprint density at radius 3 is 2.59 bits per heavy atom. The fourth-order valence-corrected chi connectivity index (χ4v) is 2.40. The molecule has 0 saturated heterocycles. The fourth-order valence-electron chi connectivity index (χ4n) is 2.27. The predicted octanol–water partition coefficient (Wildman–Crippen LogP) is 3.51. The van der Waals surface area contributed by atoms with Crippen LogP contribution >= 0.6 is 11.6 Å². The van der Waals surface area contributed by atoms with E-state index in [1.54, 1.807) is 62.6 Å². The molecule has 144 valence electrons. The monoisotopic (exact) mass is 390 g/mol. The van der Waals surface area contributed by atoms with E-state index in [1.165, 1.54) is 0 Å². The fraction of sp³-hybridized carbons (Fsp3) is 0.300. The first-order valence-electron chi connectivity index (χ1n) is 8.60. The van der Waals surface area contributed by atoms with E-state index < -0.39 is 6.10 Å². The van der Waals surface area contributed by atoms with Crippen LogP contribution in [0.5, 0.6) is 5.75 Å². The van der Waals surface area contributed by atoms with Gasteiger partial charge >= 0.3 is 0 Å². The van der Waals surface area contributed by atoms with E-state index in [-0.39, 0.29) is 11.8 Å². The number of anilines is 1. The van der Waals surface area contributed by atoms with Crippen molar-refractivity contribution in [2.24, 2.45) is 0 Å². The molecule has 0 radical (unpaired) electrons. The Morgan fingerprint density at radius 2 is 1.89 bits per heavy atom. The molecular formula is C20H23ClN2O4. The topological polar surface area (TPSA) is 76.7 Å². The van der Waals surface area contributed by atoms with Crippen LogP contribution in [0.2, 0.25) is 5.02 Å². The Morgan fingerprint density at radius 1 is 1.15 bits per heavy atom. The van der Waals surface area contributed by atoms with Gasteiger partial charge in [0.1, 0.15) is 5.75 Å². The van der Waals surface area contributed by atoms with E-state index in [2.05, 4.69) is 10.6 Å². The van der Waals surface area contributed by atoms with E-state index in [0.29, 0.717) is 35.2 Å². The van der Waals surface area contributed by atoms with Crippen LogP contribution in [-0.2, 0) is 9.53 Å². The third-order valence-electron chi connectivity index (χ3n) is 3.70. The molecule has 2 amide bonds. The van der Waals surface area contributed by atoms with Crippen LogP contribution in [0, 0.1) is 0 Å². The number of nitrogens with one attached hydrogen (secondary N) is 2. The zero-order chi connectivity index (χ0) is 19.6. The maximum absolute atomic E-state index is 12.3. The van der Waals surface area contributed by atoms with Gasteiger partial charge in [0.2, 0.25) is 0 Å². The van der Waals surface area contributed by atoms with Gasteiger partial charge in [0.15, 0.2) is 6.10 Å². The molecule has 1 unspecified atom stereocenters. The molecule has 0 heterocycles. The number of halogens is 1. The van der Waals surface area contributed by atoms with E-state index in [9.17, 15) is 9.59 Å². The molecule has 2 rings (SSSR count). The largest absolute Gasteiger partial charge is 0.481 e. The second-order valence-corrected chi connectivity index (χ2v) is 6.32. The lowest BCUT2D eigenvalue weighted by Crippen LogP contribution is -2.30. The van der Waals surface area contributed by atoms with Gasteiger partial charge in [0.25, 0.3) is 11.8 Å². The van der Waals surface area contributed by atoms with Crippen LogP contribution in [0.25, 0.3) is 0 Å². The summed E-state index contributed by atoms with van der Waals surface area (Å²) in [5.41, 5.74) is 0.993. The molecule has 0 aliphatic heterocycles. The van der Waals surface area contributed by atoms with Crippen molar-refractivity contribution in [1.82, 2.24) is 5.32 Å². The average Bonchev–Trinajstić information content (AvgIpc) is 2.67. The minimum Gasteiger partial charge on any atom is -0.481 e. The summed E-state index contributed by atoms with van der Waals surface area (Å²) in [5, 5.41) is 6.16. The smallest absolute Gasteiger partial charge is 0.265 e. The van der Waals surface area contributed by atoms with Gasteiger partial charge in [-0.05, 0) is 55.8 Å². The predicted molar refractivity (Wildman–Crippen MR) is 105 cm³/mol. The average molecular weight is 391 g/mol. The molecule has 2 aromatic carbocycles. The molecule has 0 spiro atoms. The van der Waals surface area contributed by atoms with Gasteiger partial charge in [-0.25, -0.2) is 0 Å². The standard InChI is InChI=1S/C20H23ClN2O4/c1-14(27-18-9-7-16(21)8-10-18)19(24)23-17-6-3-5-15(13-17)20(25)22-11-4-12-26-2/h3,5-10,13-14H,4,11-12H2,1-2H3,(H,22,25)(H,23,24). The lowest BCUT2D eigenvalue weighted by Gasteiger charge is -2.15. The molecule has 2 N–H and O–H groups in total. The summed E-state index contributed by atoms with van der Waals surface area (Å²) in [4.78, 5) is 24.5. The molecule has 1 atom stereocenters. The summed E-state index contributed by atoms with van der Waals surface area (Å²) in [6, 6.07) is 13.5. The number of hydrogen-bond donors (Lipinski definition) is 2. The zero-order valence-electron chi connectivity index (χ0n) is 15.3. The maximum Gasteiger partial charge on any atom is 0.265 e. The van der Waals surface area contributed by atoms with Crippen LogP contribution in [0.4, 0.5) is 5.69 Å².